The number of halogens is 3. The van der Waals surface area contributed by atoms with Crippen molar-refractivity contribution in [3.8, 4) is 5.75 Å². The summed E-state index contributed by atoms with van der Waals surface area (Å²) in [5.41, 5.74) is -0.723. The van der Waals surface area contributed by atoms with Crippen molar-refractivity contribution in [3.05, 3.63) is 52.8 Å². The van der Waals surface area contributed by atoms with Gasteiger partial charge in [-0.05, 0) is 49.9 Å². The van der Waals surface area contributed by atoms with Crippen molar-refractivity contribution in [2.24, 2.45) is 5.41 Å². The molecule has 2 aromatic rings. The minimum absolute atomic E-state index is 0.0662. The van der Waals surface area contributed by atoms with Crippen molar-refractivity contribution >= 4 is 31.9 Å². The highest BCUT2D eigenvalue weighted by Crippen LogP contribution is 2.28. The molecule has 1 aliphatic heterocycles. The Morgan fingerprint density at radius 2 is 1.91 bits per heavy atom. The highest BCUT2D eigenvalue weighted by atomic mass is 79.9. The van der Waals surface area contributed by atoms with Gasteiger partial charge in [0.25, 0.3) is 0 Å². The van der Waals surface area contributed by atoms with Crippen LogP contribution in [0.1, 0.15) is 39.5 Å². The molecule has 1 aromatic carbocycles. The van der Waals surface area contributed by atoms with E-state index in [1.54, 1.807) is 19.9 Å². The molecule has 0 unspecified atom stereocenters. The zero-order chi connectivity index (χ0) is 24.9. The minimum Gasteiger partial charge on any atom is -0.488 e. The van der Waals surface area contributed by atoms with Crippen LogP contribution in [0.4, 0.5) is 8.78 Å². The number of aromatic nitrogens is 1. The van der Waals surface area contributed by atoms with E-state index in [1.807, 2.05) is 0 Å². The summed E-state index contributed by atoms with van der Waals surface area (Å²) in [7, 11) is -3.60. The monoisotopic (exact) mass is 559 g/mol. The number of sulfonamides is 1. The third kappa shape index (κ3) is 6.51. The first-order valence-electron chi connectivity index (χ1n) is 11.0. The highest BCUT2D eigenvalue weighted by molar-refractivity contribution is 9.10. The SMILES string of the molecule is CC(C)(CCCOc1c(F)cc(Br)cc1F)C(=O)NC1CCN(S(=O)(=O)c2cccnc2)CC1. The van der Waals surface area contributed by atoms with Crippen LogP contribution < -0.4 is 10.1 Å². The summed E-state index contributed by atoms with van der Waals surface area (Å²) in [6.07, 6.45) is 4.74. The molecule has 1 amide bonds. The van der Waals surface area contributed by atoms with Gasteiger partial charge in [-0.3, -0.25) is 9.78 Å². The van der Waals surface area contributed by atoms with E-state index in [9.17, 15) is 22.0 Å². The summed E-state index contributed by atoms with van der Waals surface area (Å²) >= 11 is 3.02. The van der Waals surface area contributed by atoms with Gasteiger partial charge in [0.15, 0.2) is 17.4 Å². The maximum atomic E-state index is 13.9. The zero-order valence-corrected chi connectivity index (χ0v) is 21.5. The molecule has 0 atom stereocenters. The van der Waals surface area contributed by atoms with Crippen molar-refractivity contribution in [1.82, 2.24) is 14.6 Å². The van der Waals surface area contributed by atoms with Crippen LogP contribution in [0.25, 0.3) is 0 Å². The topological polar surface area (TPSA) is 88.6 Å². The molecule has 7 nitrogen and oxygen atoms in total. The van der Waals surface area contributed by atoms with Crippen LogP contribution in [0.2, 0.25) is 0 Å². The molecule has 0 spiro atoms. The predicted octanol–water partition coefficient (Wildman–Crippen LogP) is 4.28. The first-order chi connectivity index (χ1) is 16.0. The van der Waals surface area contributed by atoms with Gasteiger partial charge in [0.2, 0.25) is 15.9 Å². The van der Waals surface area contributed by atoms with Crippen LogP contribution in [0, 0.1) is 17.0 Å². The number of hydrogen-bond donors (Lipinski definition) is 1. The first-order valence-corrected chi connectivity index (χ1v) is 13.2. The fraction of sp³-hybridized carbons (Fsp3) is 0.478. The fourth-order valence-electron chi connectivity index (χ4n) is 3.74. The third-order valence-corrected chi connectivity index (χ3v) is 8.17. The molecule has 1 N–H and O–H groups in total. The van der Waals surface area contributed by atoms with Crippen LogP contribution in [0.5, 0.6) is 5.75 Å². The molecule has 34 heavy (non-hydrogen) atoms. The third-order valence-electron chi connectivity index (χ3n) is 5.83. The number of ether oxygens (including phenoxy) is 1. The molecule has 0 saturated carbocycles. The molecule has 0 radical (unpaired) electrons. The lowest BCUT2D eigenvalue weighted by Crippen LogP contribution is -2.49. The van der Waals surface area contributed by atoms with Crippen molar-refractivity contribution in [2.75, 3.05) is 19.7 Å². The molecule has 2 heterocycles. The van der Waals surface area contributed by atoms with E-state index < -0.39 is 32.8 Å². The average Bonchev–Trinajstić information content (AvgIpc) is 2.79. The van der Waals surface area contributed by atoms with E-state index in [0.29, 0.717) is 38.8 Å². The first kappa shape index (κ1) is 26.5. The average molecular weight is 560 g/mol. The number of pyridine rings is 1. The second kappa shape index (κ2) is 11.1. The van der Waals surface area contributed by atoms with Gasteiger partial charge < -0.3 is 10.1 Å². The standard InChI is InChI=1S/C23H28BrF2N3O4S/c1-23(2,8-4-12-33-21-19(25)13-16(24)14-20(21)26)22(30)28-17-6-10-29(11-7-17)34(31,32)18-5-3-9-27-15-18/h3,5,9,13-15,17H,4,6-8,10-12H2,1-2H3,(H,28,30). The Morgan fingerprint density at radius 1 is 1.26 bits per heavy atom. The van der Waals surface area contributed by atoms with E-state index in [2.05, 4.69) is 26.2 Å². The lowest BCUT2D eigenvalue weighted by Gasteiger charge is -2.33. The van der Waals surface area contributed by atoms with Gasteiger partial charge in [-0.25, -0.2) is 17.2 Å². The van der Waals surface area contributed by atoms with E-state index >= 15 is 0 Å². The summed E-state index contributed by atoms with van der Waals surface area (Å²) in [6.45, 7) is 4.27. The summed E-state index contributed by atoms with van der Waals surface area (Å²) in [5.74, 6) is -2.16. The lowest BCUT2D eigenvalue weighted by molar-refractivity contribution is -0.130. The molecular formula is C23H28BrF2N3O4S. The van der Waals surface area contributed by atoms with Crippen molar-refractivity contribution in [2.45, 2.75) is 50.5 Å². The molecule has 0 bridgehead atoms. The van der Waals surface area contributed by atoms with Crippen LogP contribution in [0.15, 0.2) is 46.0 Å². The Balaban J connectivity index is 1.45. The zero-order valence-electron chi connectivity index (χ0n) is 19.1. The van der Waals surface area contributed by atoms with Gasteiger partial charge in [-0.15, -0.1) is 0 Å². The Morgan fingerprint density at radius 3 is 2.50 bits per heavy atom. The molecule has 1 saturated heterocycles. The number of rotatable bonds is 9. The second-order valence-electron chi connectivity index (χ2n) is 8.88. The Kier molecular flexibility index (Phi) is 8.64. The van der Waals surface area contributed by atoms with E-state index in [-0.39, 0.29) is 27.9 Å². The summed E-state index contributed by atoms with van der Waals surface area (Å²) in [6, 6.07) is 5.22. The molecule has 11 heteroatoms. The lowest BCUT2D eigenvalue weighted by atomic mass is 9.86. The maximum absolute atomic E-state index is 13.9. The van der Waals surface area contributed by atoms with Gasteiger partial charge >= 0.3 is 0 Å². The van der Waals surface area contributed by atoms with Gasteiger partial charge in [0.05, 0.1) is 6.61 Å². The molecule has 1 aliphatic rings. The number of nitrogens with zero attached hydrogens (tertiary/aromatic N) is 2. The summed E-state index contributed by atoms with van der Waals surface area (Å²) in [5, 5.41) is 3.02. The highest BCUT2D eigenvalue weighted by Gasteiger charge is 2.33. The van der Waals surface area contributed by atoms with Crippen LogP contribution >= 0.6 is 15.9 Å². The van der Waals surface area contributed by atoms with Crippen molar-refractivity contribution in [1.29, 1.82) is 0 Å². The van der Waals surface area contributed by atoms with Crippen LogP contribution in [-0.2, 0) is 14.8 Å². The van der Waals surface area contributed by atoms with Gasteiger partial charge in [0, 0.05) is 41.4 Å². The maximum Gasteiger partial charge on any atom is 0.244 e. The Labute approximate surface area is 207 Å². The molecular weight excluding hydrogens is 532 g/mol. The number of carbonyl (C=O) groups is 1. The number of carbonyl (C=O) groups excluding carboxylic acids is 1. The number of piperidine rings is 1. The molecule has 186 valence electrons. The number of nitrogens with one attached hydrogen (secondary N) is 1. The predicted molar refractivity (Wildman–Crippen MR) is 127 cm³/mol. The fourth-order valence-corrected chi connectivity index (χ4v) is 5.57. The van der Waals surface area contributed by atoms with E-state index in [1.165, 1.54) is 22.8 Å². The molecule has 1 fully saturated rings. The van der Waals surface area contributed by atoms with Gasteiger partial charge in [0.1, 0.15) is 4.90 Å². The largest absolute Gasteiger partial charge is 0.488 e. The minimum atomic E-state index is -3.60. The Bertz CT molecular complexity index is 1090. The molecule has 3 rings (SSSR count). The normalized spacial score (nSPS) is 15.8. The summed E-state index contributed by atoms with van der Waals surface area (Å²) in [4.78, 5) is 16.9. The molecule has 0 aliphatic carbocycles. The van der Waals surface area contributed by atoms with Crippen LogP contribution in [0.3, 0.4) is 0 Å². The number of hydrogen-bond acceptors (Lipinski definition) is 5. The number of amides is 1. The van der Waals surface area contributed by atoms with Crippen molar-refractivity contribution < 1.29 is 26.7 Å². The second-order valence-corrected chi connectivity index (χ2v) is 11.7. The van der Waals surface area contributed by atoms with Gasteiger partial charge in [-0.2, -0.15) is 4.31 Å². The number of benzene rings is 1. The van der Waals surface area contributed by atoms with Crippen LogP contribution in [-0.4, -0.2) is 49.4 Å². The van der Waals surface area contributed by atoms with Crippen molar-refractivity contribution in [3.63, 3.8) is 0 Å². The van der Waals surface area contributed by atoms with E-state index in [0.717, 1.165) is 12.1 Å². The van der Waals surface area contributed by atoms with E-state index in [4.69, 9.17) is 4.74 Å². The quantitative estimate of drug-likeness (QED) is 0.463. The molecule has 1 aromatic heterocycles. The van der Waals surface area contributed by atoms with Gasteiger partial charge in [-0.1, -0.05) is 29.8 Å². The smallest absolute Gasteiger partial charge is 0.244 e. The Hall–Kier alpha value is -2.11. The summed E-state index contributed by atoms with van der Waals surface area (Å²) < 4.78 is 60.1.